The van der Waals surface area contributed by atoms with Gasteiger partial charge in [0.05, 0.1) is 32.2 Å². The molecule has 0 saturated heterocycles. The van der Waals surface area contributed by atoms with Crippen molar-refractivity contribution in [2.45, 2.75) is 9.79 Å². The maximum Gasteiger partial charge on any atom is 0.201 e. The van der Waals surface area contributed by atoms with E-state index in [1.807, 2.05) is 11.8 Å². The molecule has 0 aromatic heterocycles. The lowest BCUT2D eigenvalue weighted by Crippen LogP contribution is -2.21. The summed E-state index contributed by atoms with van der Waals surface area (Å²) in [4.78, 5) is 13.0. The molecule has 0 bridgehead atoms. The minimum absolute atomic E-state index is 1.06. The molecule has 4 aromatic rings. The number of rotatable bonds is 2. The van der Waals surface area contributed by atoms with Gasteiger partial charge in [0, 0.05) is 47.4 Å². The van der Waals surface area contributed by atoms with Crippen molar-refractivity contribution in [1.29, 1.82) is 0 Å². The summed E-state index contributed by atoms with van der Waals surface area (Å²) in [6, 6.07) is 40.5. The molecule has 0 amide bonds. The average molecular weight is 560 g/mol. The molecular formula is C34H31N4S2+. The molecule has 1 aliphatic carbocycles. The van der Waals surface area contributed by atoms with Gasteiger partial charge in [0.1, 0.15) is 14.1 Å². The Morgan fingerprint density at radius 1 is 0.700 bits per heavy atom. The first kappa shape index (κ1) is 26.1. The highest BCUT2D eigenvalue weighted by Gasteiger charge is 2.23. The van der Waals surface area contributed by atoms with Gasteiger partial charge in [-0.25, -0.2) is 9.56 Å². The zero-order chi connectivity index (χ0) is 27.6. The van der Waals surface area contributed by atoms with Gasteiger partial charge >= 0.3 is 0 Å². The van der Waals surface area contributed by atoms with E-state index in [2.05, 4.69) is 158 Å². The number of hydrogen-bond donors (Lipinski definition) is 0. The van der Waals surface area contributed by atoms with Gasteiger partial charge < -0.3 is 9.80 Å². The Labute approximate surface area is 243 Å². The van der Waals surface area contributed by atoms with Crippen molar-refractivity contribution in [3.05, 3.63) is 121 Å². The Morgan fingerprint density at radius 2 is 1.35 bits per heavy atom. The predicted octanol–water partition coefficient (Wildman–Crippen LogP) is 8.12. The summed E-state index contributed by atoms with van der Waals surface area (Å²) >= 11 is 3.64. The second kappa shape index (κ2) is 11.2. The second-order valence-electron chi connectivity index (χ2n) is 10.0. The summed E-state index contributed by atoms with van der Waals surface area (Å²) in [5.74, 6) is 0. The third-order valence-corrected chi connectivity index (χ3v) is 9.05. The number of hydrogen-bond acceptors (Lipinski definition) is 5. The quantitative estimate of drug-likeness (QED) is 0.158. The molecule has 6 heteroatoms. The predicted molar refractivity (Wildman–Crippen MR) is 173 cm³/mol. The molecular weight excluding hydrogens is 529 g/mol. The fraction of sp³-hybridized carbons (Fsp3) is 0.118. The van der Waals surface area contributed by atoms with E-state index in [4.69, 9.17) is 4.98 Å². The van der Waals surface area contributed by atoms with Gasteiger partial charge in [0.15, 0.2) is 0 Å². The average Bonchev–Trinajstić information content (AvgIpc) is 2.99. The van der Waals surface area contributed by atoms with Crippen LogP contribution in [0.25, 0.3) is 20.8 Å². The highest BCUT2D eigenvalue weighted by atomic mass is 32.2. The number of aromatic nitrogens is 1. The van der Waals surface area contributed by atoms with Crippen LogP contribution in [0.2, 0.25) is 0 Å². The highest BCUT2D eigenvalue weighted by Crippen LogP contribution is 2.50. The molecule has 2 heterocycles. The molecule has 4 aromatic carbocycles. The Bertz CT molecular complexity index is 1790. The Hall–Kier alpha value is -4.13. The fourth-order valence-electron chi connectivity index (χ4n) is 4.72. The fourth-order valence-corrected chi connectivity index (χ4v) is 6.81. The normalized spacial score (nSPS) is 11.8. The van der Waals surface area contributed by atoms with Crippen LogP contribution < -0.4 is 19.7 Å². The maximum absolute atomic E-state index is 4.75. The van der Waals surface area contributed by atoms with E-state index < -0.39 is 0 Å². The lowest BCUT2D eigenvalue weighted by Gasteiger charge is -2.32. The maximum atomic E-state index is 4.75. The van der Waals surface area contributed by atoms with Crippen molar-refractivity contribution in [2.24, 2.45) is 0 Å². The zero-order valence-electron chi connectivity index (χ0n) is 23.1. The van der Waals surface area contributed by atoms with Crippen molar-refractivity contribution < 1.29 is 0 Å². The van der Waals surface area contributed by atoms with Gasteiger partial charge in [-0.05, 0) is 60.7 Å². The largest absolute Gasteiger partial charge is 0.378 e. The lowest BCUT2D eigenvalue weighted by atomic mass is 10.2. The van der Waals surface area contributed by atoms with Crippen LogP contribution in [-0.2, 0) is 0 Å². The van der Waals surface area contributed by atoms with E-state index in [-0.39, 0.29) is 0 Å². The highest BCUT2D eigenvalue weighted by molar-refractivity contribution is 7.99. The van der Waals surface area contributed by atoms with Gasteiger partial charge in [-0.1, -0.05) is 54.2 Å². The van der Waals surface area contributed by atoms with Gasteiger partial charge in [0.2, 0.25) is 5.36 Å². The first-order valence-corrected chi connectivity index (χ1v) is 14.8. The summed E-state index contributed by atoms with van der Waals surface area (Å²) in [6.45, 7) is 0. The van der Waals surface area contributed by atoms with Crippen LogP contribution in [0.4, 0.5) is 22.7 Å². The van der Waals surface area contributed by atoms with E-state index in [1.54, 1.807) is 11.3 Å². The molecule has 198 valence electrons. The van der Waals surface area contributed by atoms with Crippen molar-refractivity contribution >= 4 is 56.1 Å². The number of para-hydroxylation sites is 3. The van der Waals surface area contributed by atoms with Crippen LogP contribution in [-0.4, -0.2) is 33.2 Å². The van der Waals surface area contributed by atoms with Gasteiger partial charge in [-0.15, -0.1) is 11.3 Å². The monoisotopic (exact) mass is 559 g/mol. The molecule has 4 nitrogen and oxygen atoms in total. The van der Waals surface area contributed by atoms with Crippen LogP contribution in [0.15, 0.2) is 125 Å². The Balaban J connectivity index is 0.000000145. The van der Waals surface area contributed by atoms with Crippen molar-refractivity contribution in [3.63, 3.8) is 0 Å². The molecule has 0 N–H and O–H groups in total. The SMILES string of the molecule is CN(C)c1ccc2nc3ccc(=[N+](C)C)cc-3sc2c1.c1ccc(N2c3ccccc3Sc3ccccc32)cc1. The Morgan fingerprint density at radius 3 is 2.00 bits per heavy atom. The van der Waals surface area contributed by atoms with Gasteiger partial charge in [0.25, 0.3) is 0 Å². The van der Waals surface area contributed by atoms with Crippen LogP contribution in [0, 0.1) is 0 Å². The molecule has 3 aliphatic rings. The van der Waals surface area contributed by atoms with Crippen LogP contribution in [0.1, 0.15) is 0 Å². The standard InChI is InChI=1S/C18H13NS.C16H18N3S/c1-2-8-14(9-3-1)19-15-10-4-6-12-17(15)20-18-13-7-5-11-16(18)19;1-18(2)11-5-7-13-15(9-11)20-16-10-12(19(3)4)6-8-14(16)17-13/h1-13H;5-10H,1-4H3/q;+1. The van der Waals surface area contributed by atoms with Gasteiger partial charge in [-0.3, -0.25) is 0 Å². The third kappa shape index (κ3) is 5.20. The molecule has 0 radical (unpaired) electrons. The number of anilines is 4. The molecule has 40 heavy (non-hydrogen) atoms. The van der Waals surface area contributed by atoms with E-state index in [0.717, 1.165) is 11.2 Å². The van der Waals surface area contributed by atoms with Crippen molar-refractivity contribution in [1.82, 2.24) is 9.56 Å². The van der Waals surface area contributed by atoms with E-state index >= 15 is 0 Å². The van der Waals surface area contributed by atoms with E-state index in [9.17, 15) is 0 Å². The smallest absolute Gasteiger partial charge is 0.201 e. The van der Waals surface area contributed by atoms with Crippen LogP contribution in [0.3, 0.4) is 0 Å². The summed E-state index contributed by atoms with van der Waals surface area (Å²) in [5.41, 5.74) is 7.03. The van der Waals surface area contributed by atoms with Crippen LogP contribution >= 0.6 is 23.1 Å². The molecule has 0 spiro atoms. The van der Waals surface area contributed by atoms with Crippen molar-refractivity contribution in [3.8, 4) is 10.6 Å². The first-order valence-electron chi connectivity index (χ1n) is 13.2. The number of fused-ring (bicyclic) bond motifs is 4. The molecule has 0 saturated carbocycles. The summed E-state index contributed by atoms with van der Waals surface area (Å²) in [7, 11) is 8.24. The first-order chi connectivity index (χ1) is 19.5. The van der Waals surface area contributed by atoms with E-state index in [0.29, 0.717) is 0 Å². The second-order valence-corrected chi connectivity index (χ2v) is 12.2. The van der Waals surface area contributed by atoms with Crippen LogP contribution in [0.5, 0.6) is 0 Å². The molecule has 0 unspecified atom stereocenters. The topological polar surface area (TPSA) is 22.4 Å². The number of nitrogens with zero attached hydrogens (tertiary/aromatic N) is 4. The number of benzene rings is 5. The Kier molecular flexibility index (Phi) is 7.29. The van der Waals surface area contributed by atoms with Crippen molar-refractivity contribution in [2.75, 3.05) is 38.0 Å². The lowest BCUT2D eigenvalue weighted by molar-refractivity contribution is 0.814. The molecule has 2 aliphatic heterocycles. The van der Waals surface area contributed by atoms with Gasteiger partial charge in [-0.2, -0.15) is 0 Å². The summed E-state index contributed by atoms with van der Waals surface area (Å²) in [6.07, 6.45) is 0. The molecule has 0 atom stereocenters. The minimum atomic E-state index is 1.06. The summed E-state index contributed by atoms with van der Waals surface area (Å²) < 4.78 is 3.34. The minimum Gasteiger partial charge on any atom is -0.378 e. The molecule has 7 rings (SSSR count). The molecule has 0 fully saturated rings. The summed E-state index contributed by atoms with van der Waals surface area (Å²) in [5, 5.41) is 1.21. The zero-order valence-corrected chi connectivity index (χ0v) is 24.7. The van der Waals surface area contributed by atoms with E-state index in [1.165, 1.54) is 47.5 Å². The third-order valence-electron chi connectivity index (χ3n) is 6.83.